The Hall–Kier alpha value is -3.06. The Morgan fingerprint density at radius 2 is 1.89 bits per heavy atom. The molecule has 0 bridgehead atoms. The summed E-state index contributed by atoms with van der Waals surface area (Å²) in [5.41, 5.74) is 1.67. The molecule has 7 heteroatoms. The highest BCUT2D eigenvalue weighted by atomic mass is 32.2. The normalized spacial score (nSPS) is 14.9. The largest absolute Gasteiger partial charge is 0.493 e. The minimum atomic E-state index is -0.442. The molecule has 0 aromatic heterocycles. The van der Waals surface area contributed by atoms with Crippen LogP contribution < -0.4 is 14.8 Å². The maximum absolute atomic E-state index is 12.2. The molecule has 3 rings (SSSR count). The number of methoxy groups -OCH3 is 1. The van der Waals surface area contributed by atoms with Crippen LogP contribution in [0, 0.1) is 0 Å². The van der Waals surface area contributed by atoms with E-state index < -0.39 is 11.1 Å². The lowest BCUT2D eigenvalue weighted by Crippen LogP contribution is -2.17. The summed E-state index contributed by atoms with van der Waals surface area (Å²) in [5, 5.41) is 1.79. The van der Waals surface area contributed by atoms with Crippen LogP contribution in [0.25, 0.3) is 6.08 Å². The first-order valence-electron chi connectivity index (χ1n) is 8.22. The van der Waals surface area contributed by atoms with Gasteiger partial charge in [0.05, 0.1) is 12.0 Å². The van der Waals surface area contributed by atoms with Crippen molar-refractivity contribution in [3.63, 3.8) is 0 Å². The number of aryl methyl sites for hydroxylation is 1. The van der Waals surface area contributed by atoms with Crippen molar-refractivity contribution in [3.8, 4) is 11.5 Å². The van der Waals surface area contributed by atoms with E-state index in [0.29, 0.717) is 17.7 Å². The minimum absolute atomic E-state index is 0.227. The van der Waals surface area contributed by atoms with Gasteiger partial charge in [0.15, 0.2) is 11.5 Å². The van der Waals surface area contributed by atoms with Crippen LogP contribution in [0.2, 0.25) is 0 Å². The molecule has 0 aliphatic carbocycles. The van der Waals surface area contributed by atoms with E-state index in [9.17, 15) is 14.4 Å². The van der Waals surface area contributed by atoms with E-state index >= 15 is 0 Å². The summed E-state index contributed by atoms with van der Waals surface area (Å²) in [6.45, 7) is 0. The number of ether oxygens (including phenoxy) is 2. The van der Waals surface area contributed by atoms with Crippen molar-refractivity contribution in [2.24, 2.45) is 0 Å². The van der Waals surface area contributed by atoms with Crippen molar-refractivity contribution in [3.05, 3.63) is 64.6 Å². The standard InChI is InChI=1S/C20H17NO5S/c1-25-15-9-7-14(12-17-19(23)21-20(24)27-17)11-16(15)26-18(22)10-8-13-5-3-2-4-6-13/h2-7,9,11-12H,8,10H2,1H3,(H,21,23,24)/b17-12-. The maximum Gasteiger partial charge on any atom is 0.311 e. The molecule has 138 valence electrons. The molecule has 2 aromatic carbocycles. The van der Waals surface area contributed by atoms with Crippen LogP contribution in [0.4, 0.5) is 4.79 Å². The van der Waals surface area contributed by atoms with Crippen molar-refractivity contribution in [1.82, 2.24) is 5.32 Å². The number of imide groups is 1. The zero-order chi connectivity index (χ0) is 19.2. The summed E-state index contributed by atoms with van der Waals surface area (Å²) in [7, 11) is 1.48. The SMILES string of the molecule is COc1ccc(/C=C2\SC(=O)NC2=O)cc1OC(=O)CCc1ccccc1. The van der Waals surface area contributed by atoms with Gasteiger partial charge in [-0.1, -0.05) is 36.4 Å². The lowest BCUT2D eigenvalue weighted by molar-refractivity contribution is -0.134. The smallest absolute Gasteiger partial charge is 0.311 e. The topological polar surface area (TPSA) is 81.7 Å². The van der Waals surface area contributed by atoms with Gasteiger partial charge in [0.25, 0.3) is 11.1 Å². The highest BCUT2D eigenvalue weighted by Gasteiger charge is 2.25. The number of amides is 2. The highest BCUT2D eigenvalue weighted by molar-refractivity contribution is 8.18. The fourth-order valence-electron chi connectivity index (χ4n) is 2.50. The molecule has 1 aliphatic heterocycles. The summed E-state index contributed by atoms with van der Waals surface area (Å²) in [4.78, 5) is 35.4. The maximum atomic E-state index is 12.2. The van der Waals surface area contributed by atoms with Crippen molar-refractivity contribution >= 4 is 35.0 Å². The molecule has 1 fully saturated rings. The van der Waals surface area contributed by atoms with Crippen molar-refractivity contribution in [1.29, 1.82) is 0 Å². The van der Waals surface area contributed by atoms with Crippen molar-refractivity contribution in [2.75, 3.05) is 7.11 Å². The zero-order valence-corrected chi connectivity index (χ0v) is 15.4. The molecule has 1 aliphatic rings. The number of nitrogens with one attached hydrogen (secondary N) is 1. The Bertz CT molecular complexity index is 908. The minimum Gasteiger partial charge on any atom is -0.493 e. The van der Waals surface area contributed by atoms with Gasteiger partial charge in [0.1, 0.15) is 0 Å². The molecule has 0 unspecified atom stereocenters. The molecular weight excluding hydrogens is 366 g/mol. The van der Waals surface area contributed by atoms with Crippen LogP contribution in [0.1, 0.15) is 17.5 Å². The van der Waals surface area contributed by atoms with Gasteiger partial charge in [0, 0.05) is 6.42 Å². The van der Waals surface area contributed by atoms with E-state index in [1.807, 2.05) is 30.3 Å². The summed E-state index contributed by atoms with van der Waals surface area (Å²) >= 11 is 0.826. The quantitative estimate of drug-likeness (QED) is 0.467. The molecule has 0 spiro atoms. The number of hydrogen-bond donors (Lipinski definition) is 1. The lowest BCUT2D eigenvalue weighted by atomic mass is 10.1. The molecular formula is C20H17NO5S. The molecule has 1 saturated heterocycles. The van der Waals surface area contributed by atoms with Gasteiger partial charge >= 0.3 is 5.97 Å². The average Bonchev–Trinajstić information content (AvgIpc) is 2.98. The van der Waals surface area contributed by atoms with Gasteiger partial charge in [0.2, 0.25) is 0 Å². The van der Waals surface area contributed by atoms with E-state index in [-0.39, 0.29) is 23.0 Å². The Morgan fingerprint density at radius 1 is 1.11 bits per heavy atom. The monoisotopic (exact) mass is 383 g/mol. The number of thioether (sulfide) groups is 1. The van der Waals surface area contributed by atoms with Crippen LogP contribution in [0.5, 0.6) is 11.5 Å². The van der Waals surface area contributed by atoms with Gasteiger partial charge in [-0.2, -0.15) is 0 Å². The third-order valence-corrected chi connectivity index (χ3v) is 4.62. The third-order valence-electron chi connectivity index (χ3n) is 3.81. The van der Waals surface area contributed by atoms with Crippen LogP contribution >= 0.6 is 11.8 Å². The lowest BCUT2D eigenvalue weighted by Gasteiger charge is -2.10. The van der Waals surface area contributed by atoms with E-state index in [2.05, 4.69) is 5.32 Å². The molecule has 2 amide bonds. The van der Waals surface area contributed by atoms with E-state index in [4.69, 9.17) is 9.47 Å². The Labute approximate surface area is 160 Å². The average molecular weight is 383 g/mol. The molecule has 6 nitrogen and oxygen atoms in total. The van der Waals surface area contributed by atoms with Gasteiger partial charge in [-0.15, -0.1) is 0 Å². The van der Waals surface area contributed by atoms with Gasteiger partial charge in [-0.05, 0) is 47.5 Å². The molecule has 0 atom stereocenters. The molecule has 0 saturated carbocycles. The molecule has 0 radical (unpaired) electrons. The Balaban J connectivity index is 1.72. The Morgan fingerprint density at radius 3 is 2.56 bits per heavy atom. The fraction of sp³-hybridized carbons (Fsp3) is 0.150. The molecule has 1 heterocycles. The molecule has 1 N–H and O–H groups in total. The number of rotatable bonds is 6. The first-order valence-corrected chi connectivity index (χ1v) is 9.04. The van der Waals surface area contributed by atoms with E-state index in [1.54, 1.807) is 24.3 Å². The number of carbonyl (C=O) groups is 3. The zero-order valence-electron chi connectivity index (χ0n) is 14.6. The summed E-state index contributed by atoms with van der Waals surface area (Å²) < 4.78 is 10.7. The molecule has 2 aromatic rings. The Kier molecular flexibility index (Phi) is 5.93. The first-order chi connectivity index (χ1) is 13.0. The fourth-order valence-corrected chi connectivity index (χ4v) is 3.18. The molecule has 27 heavy (non-hydrogen) atoms. The number of esters is 1. The van der Waals surface area contributed by atoms with E-state index in [0.717, 1.165) is 17.3 Å². The van der Waals surface area contributed by atoms with Crippen molar-refractivity contribution < 1.29 is 23.9 Å². The van der Waals surface area contributed by atoms with Gasteiger partial charge < -0.3 is 9.47 Å². The van der Waals surface area contributed by atoms with Gasteiger partial charge in [-0.25, -0.2) is 0 Å². The third kappa shape index (κ3) is 4.98. The van der Waals surface area contributed by atoms with E-state index in [1.165, 1.54) is 7.11 Å². The van der Waals surface area contributed by atoms with Gasteiger partial charge in [-0.3, -0.25) is 19.7 Å². The van der Waals surface area contributed by atoms with Crippen LogP contribution in [-0.2, 0) is 16.0 Å². The second-order valence-electron chi connectivity index (χ2n) is 5.72. The van der Waals surface area contributed by atoms with Crippen molar-refractivity contribution in [2.45, 2.75) is 12.8 Å². The summed E-state index contributed by atoms with van der Waals surface area (Å²) in [6.07, 6.45) is 2.36. The first kappa shape index (κ1) is 18.7. The summed E-state index contributed by atoms with van der Waals surface area (Å²) in [5.74, 6) is -0.156. The van der Waals surface area contributed by atoms with Crippen LogP contribution in [0.15, 0.2) is 53.4 Å². The number of benzene rings is 2. The predicted molar refractivity (Wildman–Crippen MR) is 102 cm³/mol. The number of hydrogen-bond acceptors (Lipinski definition) is 6. The van der Waals surface area contributed by atoms with Crippen LogP contribution in [0.3, 0.4) is 0 Å². The second kappa shape index (κ2) is 8.55. The summed E-state index contributed by atoms with van der Waals surface area (Å²) in [6, 6.07) is 14.6. The van der Waals surface area contributed by atoms with Crippen LogP contribution in [-0.4, -0.2) is 24.2 Å². The number of carbonyl (C=O) groups excluding carboxylic acids is 3. The highest BCUT2D eigenvalue weighted by Crippen LogP contribution is 2.31. The second-order valence-corrected chi connectivity index (χ2v) is 6.74. The predicted octanol–water partition coefficient (Wildman–Crippen LogP) is 3.56.